The number of hydrogen-bond donors (Lipinski definition) is 0. The lowest BCUT2D eigenvalue weighted by Crippen LogP contribution is -1.99. The van der Waals surface area contributed by atoms with Crippen molar-refractivity contribution >= 4 is 45.5 Å². The molecule has 0 radical (unpaired) electrons. The van der Waals surface area contributed by atoms with Gasteiger partial charge in [0.2, 0.25) is 5.16 Å². The molecular weight excluding hydrogens is 536 g/mol. The quantitative estimate of drug-likeness (QED) is 0.168. The third kappa shape index (κ3) is 6.40. The molecule has 3 aromatic carbocycles. The van der Waals surface area contributed by atoms with E-state index in [1.807, 2.05) is 61.5 Å². The van der Waals surface area contributed by atoms with E-state index in [2.05, 4.69) is 43.4 Å². The van der Waals surface area contributed by atoms with Gasteiger partial charge in [0.1, 0.15) is 6.61 Å². The average Bonchev–Trinajstić information content (AvgIpc) is 3.20. The molecule has 1 aromatic heterocycles. The van der Waals surface area contributed by atoms with E-state index in [9.17, 15) is 0 Å². The summed E-state index contributed by atoms with van der Waals surface area (Å²) < 4.78 is 14.3. The number of aromatic nitrogens is 3. The standard InChI is InChI=1S/C25H22BrClN4O2S/c1-17-29-30-25(34-16-18-6-9-21(26)10-7-18)31(17)28-14-19-8-11-23(24(13-19)32-2)33-15-20-4-3-5-22(27)12-20/h3-14H,15-16H2,1-2H3/b28-14+. The van der Waals surface area contributed by atoms with E-state index in [-0.39, 0.29) is 0 Å². The third-order valence-corrected chi connectivity index (χ3v) is 6.60. The van der Waals surface area contributed by atoms with Gasteiger partial charge in [0, 0.05) is 15.2 Å². The Morgan fingerprint density at radius 2 is 1.85 bits per heavy atom. The van der Waals surface area contributed by atoms with Crippen LogP contribution in [0.5, 0.6) is 11.5 Å². The van der Waals surface area contributed by atoms with Crippen LogP contribution in [-0.4, -0.2) is 28.2 Å². The van der Waals surface area contributed by atoms with Crippen LogP contribution in [0.3, 0.4) is 0 Å². The predicted octanol–water partition coefficient (Wildman–Crippen LogP) is 6.76. The lowest BCUT2D eigenvalue weighted by molar-refractivity contribution is 0.284. The molecule has 0 atom stereocenters. The lowest BCUT2D eigenvalue weighted by Gasteiger charge is -2.11. The molecule has 0 unspecified atom stereocenters. The summed E-state index contributed by atoms with van der Waals surface area (Å²) in [5, 5.41) is 14.4. The monoisotopic (exact) mass is 556 g/mol. The summed E-state index contributed by atoms with van der Waals surface area (Å²) in [5.74, 6) is 2.75. The van der Waals surface area contributed by atoms with E-state index in [0.717, 1.165) is 26.5 Å². The first kappa shape index (κ1) is 24.3. The van der Waals surface area contributed by atoms with Crippen molar-refractivity contribution in [2.45, 2.75) is 24.4 Å². The number of hydrogen-bond acceptors (Lipinski definition) is 6. The van der Waals surface area contributed by atoms with Gasteiger partial charge >= 0.3 is 0 Å². The van der Waals surface area contributed by atoms with Crippen LogP contribution >= 0.6 is 39.3 Å². The topological polar surface area (TPSA) is 61.5 Å². The minimum absolute atomic E-state index is 0.392. The molecule has 174 valence electrons. The van der Waals surface area contributed by atoms with Crippen molar-refractivity contribution in [3.63, 3.8) is 0 Å². The van der Waals surface area contributed by atoms with Crippen LogP contribution in [0.15, 0.2) is 81.5 Å². The fourth-order valence-corrected chi connectivity index (χ4v) is 4.45. The first-order chi connectivity index (χ1) is 16.5. The molecule has 0 aliphatic rings. The van der Waals surface area contributed by atoms with Crippen molar-refractivity contribution in [1.29, 1.82) is 0 Å². The summed E-state index contributed by atoms with van der Waals surface area (Å²) in [6.07, 6.45) is 1.75. The number of nitrogens with zero attached hydrogens (tertiary/aromatic N) is 4. The molecular formula is C25H22BrClN4O2S. The van der Waals surface area contributed by atoms with Gasteiger partial charge in [-0.15, -0.1) is 10.2 Å². The Morgan fingerprint density at radius 3 is 2.62 bits per heavy atom. The molecule has 0 amide bonds. The average molecular weight is 558 g/mol. The zero-order valence-corrected chi connectivity index (χ0v) is 21.8. The van der Waals surface area contributed by atoms with Crippen LogP contribution in [0.4, 0.5) is 0 Å². The van der Waals surface area contributed by atoms with Crippen LogP contribution in [0.1, 0.15) is 22.5 Å². The maximum atomic E-state index is 6.05. The Morgan fingerprint density at radius 1 is 1.03 bits per heavy atom. The molecule has 0 saturated heterocycles. The maximum Gasteiger partial charge on any atom is 0.212 e. The molecule has 0 spiro atoms. The van der Waals surface area contributed by atoms with Crippen molar-refractivity contribution in [2.24, 2.45) is 5.10 Å². The van der Waals surface area contributed by atoms with Crippen molar-refractivity contribution in [1.82, 2.24) is 14.9 Å². The normalized spacial score (nSPS) is 11.2. The second kappa shape index (κ2) is 11.6. The minimum Gasteiger partial charge on any atom is -0.493 e. The Bertz CT molecular complexity index is 1290. The fraction of sp³-hybridized carbons (Fsp3) is 0.160. The third-order valence-electron chi connectivity index (χ3n) is 4.84. The van der Waals surface area contributed by atoms with Gasteiger partial charge in [-0.05, 0) is 66.1 Å². The summed E-state index contributed by atoms with van der Waals surface area (Å²) in [6.45, 7) is 2.27. The van der Waals surface area contributed by atoms with E-state index >= 15 is 0 Å². The van der Waals surface area contributed by atoms with Crippen molar-refractivity contribution in [3.05, 3.63) is 98.7 Å². The fourth-order valence-electron chi connectivity index (χ4n) is 3.09. The van der Waals surface area contributed by atoms with E-state index in [1.54, 1.807) is 29.8 Å². The zero-order valence-electron chi connectivity index (χ0n) is 18.6. The largest absolute Gasteiger partial charge is 0.493 e. The van der Waals surface area contributed by atoms with Crippen molar-refractivity contribution < 1.29 is 9.47 Å². The highest BCUT2D eigenvalue weighted by atomic mass is 79.9. The van der Waals surface area contributed by atoms with Gasteiger partial charge in [-0.2, -0.15) is 9.78 Å². The molecule has 9 heteroatoms. The number of rotatable bonds is 9. The van der Waals surface area contributed by atoms with Crippen LogP contribution < -0.4 is 9.47 Å². The number of benzene rings is 3. The summed E-state index contributed by atoms with van der Waals surface area (Å²) in [7, 11) is 1.61. The molecule has 0 saturated carbocycles. The Balaban J connectivity index is 1.45. The molecule has 0 N–H and O–H groups in total. The van der Waals surface area contributed by atoms with Gasteiger partial charge in [0.25, 0.3) is 0 Å². The summed E-state index contributed by atoms with van der Waals surface area (Å²) in [5.41, 5.74) is 3.04. The summed E-state index contributed by atoms with van der Waals surface area (Å²) in [6, 6.07) is 21.5. The maximum absolute atomic E-state index is 6.05. The second-order valence-corrected chi connectivity index (χ2v) is 9.62. The minimum atomic E-state index is 0.392. The first-order valence-electron chi connectivity index (χ1n) is 10.4. The SMILES string of the molecule is COc1cc(/C=N/n2c(C)nnc2SCc2ccc(Br)cc2)ccc1OCc1cccc(Cl)c1. The van der Waals surface area contributed by atoms with Gasteiger partial charge in [-0.1, -0.05) is 63.6 Å². The van der Waals surface area contributed by atoms with Crippen molar-refractivity contribution in [3.8, 4) is 11.5 Å². The van der Waals surface area contributed by atoms with Crippen LogP contribution in [-0.2, 0) is 12.4 Å². The summed E-state index contributed by atoms with van der Waals surface area (Å²) in [4.78, 5) is 0. The molecule has 4 aromatic rings. The highest BCUT2D eigenvalue weighted by Crippen LogP contribution is 2.29. The van der Waals surface area contributed by atoms with E-state index < -0.39 is 0 Å². The Hall–Kier alpha value is -2.81. The van der Waals surface area contributed by atoms with Gasteiger partial charge < -0.3 is 9.47 Å². The van der Waals surface area contributed by atoms with Gasteiger partial charge in [0.05, 0.1) is 13.3 Å². The molecule has 34 heavy (non-hydrogen) atoms. The molecule has 1 heterocycles. The van der Waals surface area contributed by atoms with Crippen molar-refractivity contribution in [2.75, 3.05) is 7.11 Å². The van der Waals surface area contributed by atoms with E-state index in [0.29, 0.717) is 29.0 Å². The molecule has 0 fully saturated rings. The predicted molar refractivity (Wildman–Crippen MR) is 140 cm³/mol. The molecule has 0 aliphatic heterocycles. The van der Waals surface area contributed by atoms with Gasteiger partial charge in [-0.3, -0.25) is 0 Å². The second-order valence-electron chi connectivity index (χ2n) is 7.33. The van der Waals surface area contributed by atoms with Gasteiger partial charge in [-0.25, -0.2) is 0 Å². The van der Waals surface area contributed by atoms with E-state index in [1.165, 1.54) is 5.56 Å². The molecule has 0 aliphatic carbocycles. The van der Waals surface area contributed by atoms with E-state index in [4.69, 9.17) is 21.1 Å². The van der Waals surface area contributed by atoms with Crippen LogP contribution in [0, 0.1) is 6.92 Å². The smallest absolute Gasteiger partial charge is 0.212 e. The zero-order chi connectivity index (χ0) is 23.9. The molecule has 4 rings (SSSR count). The number of aryl methyl sites for hydroxylation is 1. The molecule has 0 bridgehead atoms. The molecule has 6 nitrogen and oxygen atoms in total. The highest BCUT2D eigenvalue weighted by molar-refractivity contribution is 9.10. The Kier molecular flexibility index (Phi) is 8.26. The number of halogens is 2. The number of ether oxygens (including phenoxy) is 2. The van der Waals surface area contributed by atoms with Crippen LogP contribution in [0.25, 0.3) is 0 Å². The van der Waals surface area contributed by atoms with Gasteiger partial charge in [0.15, 0.2) is 17.3 Å². The number of methoxy groups -OCH3 is 1. The summed E-state index contributed by atoms with van der Waals surface area (Å²) >= 11 is 11.1. The highest BCUT2D eigenvalue weighted by Gasteiger charge is 2.10. The lowest BCUT2D eigenvalue weighted by atomic mass is 10.2. The number of thioether (sulfide) groups is 1. The van der Waals surface area contributed by atoms with Crippen LogP contribution in [0.2, 0.25) is 5.02 Å². The Labute approximate surface area is 216 Å². The first-order valence-corrected chi connectivity index (χ1v) is 12.6.